The lowest BCUT2D eigenvalue weighted by Crippen LogP contribution is -2.27. The molecule has 1 heteroatoms. The lowest BCUT2D eigenvalue weighted by molar-refractivity contribution is 0.159. The van der Waals surface area contributed by atoms with Crippen LogP contribution in [-0.4, -0.2) is 11.7 Å². The van der Waals surface area contributed by atoms with E-state index in [1.807, 2.05) is 0 Å². The molecule has 0 amide bonds. The van der Waals surface area contributed by atoms with E-state index >= 15 is 0 Å². The van der Waals surface area contributed by atoms with Crippen molar-refractivity contribution < 1.29 is 5.11 Å². The Kier molecular flexibility index (Phi) is 13.8. The predicted octanol–water partition coefficient (Wildman–Crippen LogP) is 11.6. The molecule has 0 heterocycles. The summed E-state index contributed by atoms with van der Waals surface area (Å²) < 4.78 is 0. The summed E-state index contributed by atoms with van der Waals surface area (Å²) >= 11 is 0. The topological polar surface area (TPSA) is 20.2 Å². The van der Waals surface area contributed by atoms with Gasteiger partial charge < -0.3 is 5.11 Å². The lowest BCUT2D eigenvalue weighted by atomic mass is 9.71. The summed E-state index contributed by atoms with van der Waals surface area (Å²) in [5, 5.41) is 9.94. The zero-order valence-electron chi connectivity index (χ0n) is 27.5. The average molecular weight is 553 g/mol. The molecule has 0 aromatic rings. The highest BCUT2D eigenvalue weighted by Crippen LogP contribution is 2.41. The highest BCUT2D eigenvalue weighted by Gasteiger charge is 2.30. The fourth-order valence-electron chi connectivity index (χ4n) is 5.82. The van der Waals surface area contributed by atoms with E-state index in [4.69, 9.17) is 0 Å². The first-order valence-electron chi connectivity index (χ1n) is 15.5. The Labute approximate surface area is 252 Å². The largest absolute Gasteiger partial charge is 0.395 e. The third kappa shape index (κ3) is 11.5. The zero-order valence-corrected chi connectivity index (χ0v) is 27.5. The molecule has 2 aliphatic rings. The molecule has 0 spiro atoms. The van der Waals surface area contributed by atoms with Gasteiger partial charge in [-0.15, -0.1) is 0 Å². The van der Waals surface area contributed by atoms with Crippen LogP contribution in [0, 0.1) is 10.8 Å². The molecular formula is C40H56O. The maximum Gasteiger partial charge on any atom is 0.0525 e. The van der Waals surface area contributed by atoms with Crippen molar-refractivity contribution in [1.82, 2.24) is 0 Å². The Bertz CT molecular complexity index is 1240. The van der Waals surface area contributed by atoms with Crippen LogP contribution in [0.1, 0.15) is 101 Å². The van der Waals surface area contributed by atoms with Gasteiger partial charge in [-0.25, -0.2) is 0 Å². The summed E-state index contributed by atoms with van der Waals surface area (Å²) in [5.74, 6) is 0. The van der Waals surface area contributed by atoms with Gasteiger partial charge in [0.05, 0.1) is 6.61 Å². The van der Waals surface area contributed by atoms with Crippen molar-refractivity contribution in [2.75, 3.05) is 6.61 Å². The summed E-state index contributed by atoms with van der Waals surface area (Å²) in [4.78, 5) is 0. The number of aliphatic hydroxyl groups excluding tert-OH is 1. The van der Waals surface area contributed by atoms with Crippen molar-refractivity contribution in [2.24, 2.45) is 10.8 Å². The van der Waals surface area contributed by atoms with Crippen LogP contribution in [0.5, 0.6) is 0 Å². The first-order chi connectivity index (χ1) is 19.4. The van der Waals surface area contributed by atoms with Crippen LogP contribution in [0.2, 0.25) is 0 Å². The summed E-state index contributed by atoms with van der Waals surface area (Å²) in [5.41, 5.74) is 10.8. The van der Waals surface area contributed by atoms with Crippen LogP contribution >= 0.6 is 0 Å². The van der Waals surface area contributed by atoms with Crippen molar-refractivity contribution in [2.45, 2.75) is 101 Å². The highest BCUT2D eigenvalue weighted by molar-refractivity contribution is 5.39. The second-order valence-electron chi connectivity index (χ2n) is 13.1. The maximum absolute atomic E-state index is 9.94. The van der Waals surface area contributed by atoms with E-state index in [-0.39, 0.29) is 17.4 Å². The van der Waals surface area contributed by atoms with Gasteiger partial charge in [-0.1, -0.05) is 139 Å². The Balaban J connectivity index is 1.90. The minimum absolute atomic E-state index is 0.112. The minimum Gasteiger partial charge on any atom is -0.395 e. The molecule has 0 aliphatic heterocycles. The third-order valence-electron chi connectivity index (χ3n) is 8.57. The minimum atomic E-state index is -0.112. The Morgan fingerprint density at radius 2 is 1.02 bits per heavy atom. The van der Waals surface area contributed by atoms with Gasteiger partial charge in [-0.05, 0) is 96.6 Å². The second-order valence-corrected chi connectivity index (χ2v) is 13.1. The summed E-state index contributed by atoms with van der Waals surface area (Å²) in [6.07, 6.45) is 37.4. The molecule has 2 aliphatic carbocycles. The average Bonchev–Trinajstić information content (AvgIpc) is 2.90. The van der Waals surface area contributed by atoms with E-state index in [0.717, 1.165) is 19.3 Å². The standard InChI is InChI=1S/C40H56O/c1-31(18-12-20-33(3)24-26-37-35(5)22-14-28-39(37,7)8)16-10-11-17-32(2)19-13-21-34(4)25-27-38-36(6)23-15-29-40(38,9)30-41/h10-13,16-21,24-27,41H,14-15,22-23,28-30H2,1-9H3/b11-10+,18-12+,19-13+,26-24+,27-25+,31-16+,32-17+,33-20+,34-21+/t40-/m1/s1. The maximum atomic E-state index is 9.94. The number of hydrogen-bond acceptors (Lipinski definition) is 1. The molecule has 0 unspecified atom stereocenters. The van der Waals surface area contributed by atoms with Crippen LogP contribution in [0.4, 0.5) is 0 Å². The normalized spacial score (nSPS) is 24.0. The molecular weight excluding hydrogens is 496 g/mol. The molecule has 2 rings (SSSR count). The molecule has 41 heavy (non-hydrogen) atoms. The predicted molar refractivity (Wildman–Crippen MR) is 183 cm³/mol. The molecule has 0 aromatic heterocycles. The van der Waals surface area contributed by atoms with Gasteiger partial charge in [0.1, 0.15) is 0 Å². The Morgan fingerprint density at radius 3 is 1.51 bits per heavy atom. The molecule has 222 valence electrons. The van der Waals surface area contributed by atoms with Crippen LogP contribution < -0.4 is 0 Å². The molecule has 1 N–H and O–H groups in total. The van der Waals surface area contributed by atoms with E-state index in [0.29, 0.717) is 0 Å². The van der Waals surface area contributed by atoms with Crippen molar-refractivity contribution in [3.05, 3.63) is 130 Å². The third-order valence-corrected chi connectivity index (χ3v) is 8.57. The molecule has 0 saturated carbocycles. The van der Waals surface area contributed by atoms with Crippen LogP contribution in [0.25, 0.3) is 0 Å². The van der Waals surface area contributed by atoms with Crippen LogP contribution in [0.3, 0.4) is 0 Å². The SMILES string of the molecule is CC1=C(/C=C/C(C)=C/C=C/C(C)=C/C=C/C=C(C)/C=C/C=C(C)/C=C/C2=C(C)CCC[C@]2(C)CO)C(C)(C)CCC1. The fraction of sp³-hybridized carbons (Fsp3) is 0.450. The molecule has 0 fully saturated rings. The highest BCUT2D eigenvalue weighted by atomic mass is 16.3. The van der Waals surface area contributed by atoms with E-state index in [1.165, 1.54) is 58.3 Å². The van der Waals surface area contributed by atoms with Crippen LogP contribution in [-0.2, 0) is 0 Å². The van der Waals surface area contributed by atoms with Gasteiger partial charge in [0.2, 0.25) is 0 Å². The van der Waals surface area contributed by atoms with Gasteiger partial charge in [-0.3, -0.25) is 0 Å². The Hall–Kier alpha value is -2.90. The summed E-state index contributed by atoms with van der Waals surface area (Å²) in [7, 11) is 0. The zero-order chi connectivity index (χ0) is 30.5. The molecule has 1 nitrogen and oxygen atoms in total. The van der Waals surface area contributed by atoms with Gasteiger partial charge >= 0.3 is 0 Å². The number of hydrogen-bond donors (Lipinski definition) is 1. The molecule has 0 saturated heterocycles. The molecule has 1 atom stereocenters. The first kappa shape index (κ1) is 34.3. The molecule has 0 aromatic carbocycles. The smallest absolute Gasteiger partial charge is 0.0525 e. The second kappa shape index (κ2) is 16.5. The van der Waals surface area contributed by atoms with Crippen molar-refractivity contribution in [1.29, 1.82) is 0 Å². The van der Waals surface area contributed by atoms with Crippen molar-refractivity contribution in [3.63, 3.8) is 0 Å². The van der Waals surface area contributed by atoms with Gasteiger partial charge in [0, 0.05) is 5.41 Å². The summed E-state index contributed by atoms with van der Waals surface area (Å²) in [6, 6.07) is 0. The summed E-state index contributed by atoms with van der Waals surface area (Å²) in [6.45, 7) is 20.2. The van der Waals surface area contributed by atoms with Gasteiger partial charge in [-0.2, -0.15) is 0 Å². The van der Waals surface area contributed by atoms with Crippen LogP contribution in [0.15, 0.2) is 130 Å². The van der Waals surface area contributed by atoms with Crippen molar-refractivity contribution in [3.8, 4) is 0 Å². The fourth-order valence-corrected chi connectivity index (χ4v) is 5.82. The number of aliphatic hydroxyl groups is 1. The van der Waals surface area contributed by atoms with E-state index in [9.17, 15) is 5.11 Å². The van der Waals surface area contributed by atoms with E-state index in [2.05, 4.69) is 147 Å². The number of allylic oxidation sites excluding steroid dienone is 21. The quantitative estimate of drug-likeness (QED) is 0.253. The molecule has 0 bridgehead atoms. The van der Waals surface area contributed by atoms with Crippen molar-refractivity contribution >= 4 is 0 Å². The number of rotatable bonds is 11. The van der Waals surface area contributed by atoms with Gasteiger partial charge in [0.15, 0.2) is 0 Å². The lowest BCUT2D eigenvalue weighted by Gasteiger charge is -2.34. The first-order valence-corrected chi connectivity index (χ1v) is 15.5. The Morgan fingerprint density at radius 1 is 0.610 bits per heavy atom. The monoisotopic (exact) mass is 552 g/mol. The van der Waals surface area contributed by atoms with E-state index in [1.54, 1.807) is 5.57 Å². The van der Waals surface area contributed by atoms with E-state index < -0.39 is 0 Å². The molecule has 0 radical (unpaired) electrons. The van der Waals surface area contributed by atoms with Gasteiger partial charge in [0.25, 0.3) is 0 Å².